The molecule has 3 aliphatic rings. The van der Waals surface area contributed by atoms with Crippen molar-refractivity contribution < 1.29 is 4.79 Å². The Labute approximate surface area is 147 Å². The summed E-state index contributed by atoms with van der Waals surface area (Å²) in [6.07, 6.45) is 4.22. The summed E-state index contributed by atoms with van der Waals surface area (Å²) in [5.41, 5.74) is 4.59. The van der Waals surface area contributed by atoms with E-state index in [2.05, 4.69) is 26.1 Å². The smallest absolute Gasteiger partial charge is 0.221 e. The zero-order valence-electron chi connectivity index (χ0n) is 13.8. The third kappa shape index (κ3) is 4.52. The average molecular weight is 345 g/mol. The summed E-state index contributed by atoms with van der Waals surface area (Å²) >= 11 is 5.33. The van der Waals surface area contributed by atoms with Crippen molar-refractivity contribution in [3.05, 3.63) is 29.8 Å². The number of thiocarbonyl (C=S) groups is 1. The van der Waals surface area contributed by atoms with Gasteiger partial charge in [-0.3, -0.25) is 10.2 Å². The number of rotatable bonds is 4. The normalized spacial score (nSPS) is 25.5. The molecule has 6 nitrogen and oxygen atoms in total. The molecule has 128 valence electrons. The second kappa shape index (κ2) is 7.72. The van der Waals surface area contributed by atoms with Gasteiger partial charge < -0.3 is 15.5 Å². The quantitative estimate of drug-likeness (QED) is 0.439. The van der Waals surface area contributed by atoms with Gasteiger partial charge in [-0.05, 0) is 61.8 Å². The molecule has 0 spiro atoms. The van der Waals surface area contributed by atoms with E-state index in [1.54, 1.807) is 6.21 Å². The first-order chi connectivity index (χ1) is 11.6. The van der Waals surface area contributed by atoms with E-state index < -0.39 is 0 Å². The Balaban J connectivity index is 1.45. The Morgan fingerprint density at radius 1 is 1.29 bits per heavy atom. The standard InChI is InChI=1S/C17H23N5OS/c1-12(23)19-15-4-2-13(3-5-15)10-18-21-17(24)20-16-11-22-8-6-14(16)7-9-22/h2-5,10,14,16H,6-9,11H2,1H3,(H,19,23)(H2,20,21,24). The molecule has 2 bridgehead atoms. The summed E-state index contributed by atoms with van der Waals surface area (Å²) in [6.45, 7) is 4.99. The monoisotopic (exact) mass is 345 g/mol. The van der Waals surface area contributed by atoms with E-state index in [4.69, 9.17) is 12.2 Å². The van der Waals surface area contributed by atoms with E-state index in [1.165, 1.54) is 32.9 Å². The lowest BCUT2D eigenvalue weighted by Crippen LogP contribution is -2.58. The molecule has 3 aliphatic heterocycles. The van der Waals surface area contributed by atoms with Crippen LogP contribution in [0, 0.1) is 5.92 Å². The van der Waals surface area contributed by atoms with Gasteiger partial charge in [0.15, 0.2) is 5.11 Å². The summed E-state index contributed by atoms with van der Waals surface area (Å²) in [5, 5.41) is 10.9. The Morgan fingerprint density at radius 2 is 2.00 bits per heavy atom. The first-order valence-electron chi connectivity index (χ1n) is 8.30. The number of fused-ring (bicyclic) bond motifs is 3. The van der Waals surface area contributed by atoms with Crippen molar-refractivity contribution in [1.29, 1.82) is 0 Å². The third-order valence-corrected chi connectivity index (χ3v) is 4.79. The van der Waals surface area contributed by atoms with Gasteiger partial charge in [-0.15, -0.1) is 0 Å². The second-order valence-electron chi connectivity index (χ2n) is 6.39. The maximum Gasteiger partial charge on any atom is 0.221 e. The van der Waals surface area contributed by atoms with Gasteiger partial charge in [0.05, 0.1) is 6.21 Å². The van der Waals surface area contributed by atoms with Crippen molar-refractivity contribution in [3.63, 3.8) is 0 Å². The summed E-state index contributed by atoms with van der Waals surface area (Å²) in [6, 6.07) is 7.89. The number of nitrogens with zero attached hydrogens (tertiary/aromatic N) is 2. The number of amides is 1. The maximum absolute atomic E-state index is 11.0. The zero-order valence-corrected chi connectivity index (χ0v) is 14.6. The van der Waals surface area contributed by atoms with Gasteiger partial charge >= 0.3 is 0 Å². The summed E-state index contributed by atoms with van der Waals surface area (Å²) in [7, 11) is 0. The molecule has 7 heteroatoms. The fraction of sp³-hybridized carbons (Fsp3) is 0.471. The predicted octanol–water partition coefficient (Wildman–Crippen LogP) is 1.54. The molecule has 0 aliphatic carbocycles. The largest absolute Gasteiger partial charge is 0.357 e. The van der Waals surface area contributed by atoms with Crippen molar-refractivity contribution in [1.82, 2.24) is 15.6 Å². The van der Waals surface area contributed by atoms with Gasteiger partial charge in [0.25, 0.3) is 0 Å². The molecular formula is C17H23N5OS. The van der Waals surface area contributed by atoms with Crippen LogP contribution in [0.15, 0.2) is 29.4 Å². The van der Waals surface area contributed by atoms with Gasteiger partial charge in [-0.2, -0.15) is 5.10 Å². The number of hydrogen-bond acceptors (Lipinski definition) is 4. The van der Waals surface area contributed by atoms with Crippen LogP contribution in [0.2, 0.25) is 0 Å². The van der Waals surface area contributed by atoms with Crippen LogP contribution in [0.25, 0.3) is 0 Å². The van der Waals surface area contributed by atoms with Crippen LogP contribution >= 0.6 is 12.2 Å². The van der Waals surface area contributed by atoms with E-state index in [9.17, 15) is 4.79 Å². The summed E-state index contributed by atoms with van der Waals surface area (Å²) in [5.74, 6) is 0.641. The van der Waals surface area contributed by atoms with Crippen molar-refractivity contribution in [2.75, 3.05) is 25.0 Å². The molecule has 3 fully saturated rings. The average Bonchev–Trinajstić information content (AvgIpc) is 2.57. The van der Waals surface area contributed by atoms with E-state index >= 15 is 0 Å². The second-order valence-corrected chi connectivity index (χ2v) is 6.80. The third-order valence-electron chi connectivity index (χ3n) is 4.58. The van der Waals surface area contributed by atoms with Crippen molar-refractivity contribution in [2.24, 2.45) is 11.0 Å². The molecule has 3 saturated heterocycles. The number of carbonyl (C=O) groups is 1. The zero-order chi connectivity index (χ0) is 16.9. The minimum atomic E-state index is -0.0813. The number of nitrogens with one attached hydrogen (secondary N) is 3. The van der Waals surface area contributed by atoms with Gasteiger partial charge in [0.1, 0.15) is 0 Å². The van der Waals surface area contributed by atoms with Crippen LogP contribution in [0.1, 0.15) is 25.3 Å². The Morgan fingerprint density at radius 3 is 2.58 bits per heavy atom. The topological polar surface area (TPSA) is 68.8 Å². The van der Waals surface area contributed by atoms with E-state index in [0.29, 0.717) is 11.2 Å². The molecule has 0 radical (unpaired) electrons. The van der Waals surface area contributed by atoms with Gasteiger partial charge in [0.2, 0.25) is 5.91 Å². The number of hydrogen-bond donors (Lipinski definition) is 3. The molecule has 1 aromatic carbocycles. The number of carbonyl (C=O) groups excluding carboxylic acids is 1. The highest BCUT2D eigenvalue weighted by atomic mass is 32.1. The fourth-order valence-electron chi connectivity index (χ4n) is 3.35. The lowest BCUT2D eigenvalue weighted by molar-refractivity contribution is -0.114. The Kier molecular flexibility index (Phi) is 5.42. The van der Waals surface area contributed by atoms with Crippen LogP contribution < -0.4 is 16.1 Å². The Bertz CT molecular complexity index is 622. The SMILES string of the molecule is CC(=O)Nc1ccc(C=NNC(=S)NC2CN3CCC2CC3)cc1. The van der Waals surface area contributed by atoms with Crippen molar-refractivity contribution in [2.45, 2.75) is 25.8 Å². The minimum Gasteiger partial charge on any atom is -0.357 e. The van der Waals surface area contributed by atoms with Crippen LogP contribution in [-0.2, 0) is 4.79 Å². The maximum atomic E-state index is 11.0. The molecule has 1 aromatic rings. The first-order valence-corrected chi connectivity index (χ1v) is 8.70. The fourth-order valence-corrected chi connectivity index (χ4v) is 3.55. The highest BCUT2D eigenvalue weighted by Gasteiger charge is 2.34. The van der Waals surface area contributed by atoms with Crippen molar-refractivity contribution in [3.8, 4) is 0 Å². The van der Waals surface area contributed by atoms with Crippen LogP contribution in [-0.4, -0.2) is 47.8 Å². The Hall–Kier alpha value is -1.99. The van der Waals surface area contributed by atoms with Crippen LogP contribution in [0.5, 0.6) is 0 Å². The van der Waals surface area contributed by atoms with E-state index in [1.807, 2.05) is 24.3 Å². The van der Waals surface area contributed by atoms with Gasteiger partial charge in [0, 0.05) is 25.2 Å². The summed E-state index contributed by atoms with van der Waals surface area (Å²) < 4.78 is 0. The van der Waals surface area contributed by atoms with E-state index in [0.717, 1.165) is 23.7 Å². The van der Waals surface area contributed by atoms with Crippen molar-refractivity contribution >= 4 is 35.1 Å². The number of hydrazone groups is 1. The van der Waals surface area contributed by atoms with Gasteiger partial charge in [-0.25, -0.2) is 0 Å². The molecule has 24 heavy (non-hydrogen) atoms. The van der Waals surface area contributed by atoms with Crippen LogP contribution in [0.4, 0.5) is 5.69 Å². The number of piperidine rings is 3. The minimum absolute atomic E-state index is 0.0813. The lowest BCUT2D eigenvalue weighted by atomic mass is 9.84. The number of benzene rings is 1. The molecule has 0 saturated carbocycles. The molecule has 4 rings (SSSR count). The molecule has 0 aromatic heterocycles. The molecule has 1 atom stereocenters. The predicted molar refractivity (Wildman–Crippen MR) is 100 cm³/mol. The number of anilines is 1. The van der Waals surface area contributed by atoms with E-state index in [-0.39, 0.29) is 5.91 Å². The van der Waals surface area contributed by atoms with Gasteiger partial charge in [-0.1, -0.05) is 12.1 Å². The highest BCUT2D eigenvalue weighted by molar-refractivity contribution is 7.80. The molecule has 3 N–H and O–H groups in total. The summed E-state index contributed by atoms with van der Waals surface area (Å²) in [4.78, 5) is 13.5. The highest BCUT2D eigenvalue weighted by Crippen LogP contribution is 2.27. The molecular weight excluding hydrogens is 322 g/mol. The lowest BCUT2D eigenvalue weighted by Gasteiger charge is -2.45. The molecule has 3 heterocycles. The van der Waals surface area contributed by atoms with Crippen LogP contribution in [0.3, 0.4) is 0 Å². The molecule has 1 unspecified atom stereocenters. The molecule has 1 amide bonds. The first kappa shape index (κ1) is 16.9.